The smallest absolute Gasteiger partial charge is 0.405 e. The average Bonchev–Trinajstić information content (AvgIpc) is 3.97. The predicted octanol–water partition coefficient (Wildman–Crippen LogP) is 4.16. The van der Waals surface area contributed by atoms with Gasteiger partial charge in [0.15, 0.2) is 0 Å². The van der Waals surface area contributed by atoms with Crippen LogP contribution < -0.4 is 24.8 Å². The summed E-state index contributed by atoms with van der Waals surface area (Å²) in [7, 11) is -2.50. The van der Waals surface area contributed by atoms with Gasteiger partial charge in [-0.2, -0.15) is 0 Å². The Morgan fingerprint density at radius 3 is 2.63 bits per heavy atom. The van der Waals surface area contributed by atoms with Crippen LogP contribution in [0.1, 0.15) is 72.1 Å². The maximum absolute atomic E-state index is 14.5. The fraction of sp³-hybridized carbons (Fsp3) is 0.583. The average molecular weight is 760 g/mol. The molecule has 1 aromatic carbocycles. The summed E-state index contributed by atoms with van der Waals surface area (Å²) >= 11 is 6.43. The van der Waals surface area contributed by atoms with Crippen molar-refractivity contribution in [1.29, 1.82) is 0 Å². The molecule has 7 atom stereocenters. The second-order valence-corrected chi connectivity index (χ2v) is 17.5. The summed E-state index contributed by atoms with van der Waals surface area (Å²) < 4.78 is 39.1. The summed E-state index contributed by atoms with van der Waals surface area (Å²) in [5.74, 6) is -2.13. The van der Waals surface area contributed by atoms with E-state index in [1.54, 1.807) is 31.3 Å². The lowest BCUT2D eigenvalue weighted by atomic mass is 9.85. The number of amides is 4. The van der Waals surface area contributed by atoms with Gasteiger partial charge in [0, 0.05) is 23.9 Å². The van der Waals surface area contributed by atoms with Crippen molar-refractivity contribution in [1.82, 2.24) is 25.2 Å². The van der Waals surface area contributed by atoms with Gasteiger partial charge in [0.1, 0.15) is 29.5 Å². The summed E-state index contributed by atoms with van der Waals surface area (Å²) in [6.45, 7) is 5.43. The van der Waals surface area contributed by atoms with Gasteiger partial charge in [-0.25, -0.2) is 18.2 Å². The molecule has 1 saturated heterocycles. The maximum Gasteiger partial charge on any atom is 0.405 e. The number of rotatable bonds is 8. The van der Waals surface area contributed by atoms with Crippen LogP contribution in [-0.4, -0.2) is 89.4 Å². The highest BCUT2D eigenvalue weighted by molar-refractivity contribution is 7.91. The molecular formula is C36H46ClN5O9S. The number of aromatic nitrogens is 1. The fourth-order valence-corrected chi connectivity index (χ4v) is 9.06. The molecule has 4 N–H and O–H groups in total. The highest BCUT2D eigenvalue weighted by Gasteiger charge is 2.63. The molecule has 6 rings (SSSR count). The second kappa shape index (κ2) is 14.4. The third-order valence-electron chi connectivity index (χ3n) is 11.2. The van der Waals surface area contributed by atoms with Crippen molar-refractivity contribution < 1.29 is 42.2 Å². The number of carboxylic acid groups (broad SMARTS) is 1. The number of nitrogens with one attached hydrogen (secondary N) is 3. The summed E-state index contributed by atoms with van der Waals surface area (Å²) in [6, 6.07) is 2.83. The fourth-order valence-electron chi connectivity index (χ4n) is 7.50. The Balaban J connectivity index is 1.35. The first-order valence-electron chi connectivity index (χ1n) is 17.8. The van der Waals surface area contributed by atoms with Gasteiger partial charge in [0.05, 0.1) is 23.4 Å². The summed E-state index contributed by atoms with van der Waals surface area (Å²) in [5, 5.41) is 16.8. The minimum atomic E-state index is -4.01. The number of pyridine rings is 1. The van der Waals surface area contributed by atoms with E-state index in [9.17, 15) is 32.7 Å². The molecule has 3 fully saturated rings. The van der Waals surface area contributed by atoms with Crippen molar-refractivity contribution in [2.75, 3.05) is 13.7 Å². The molecular weight excluding hydrogens is 714 g/mol. The number of methoxy groups -OCH3 is 1. The van der Waals surface area contributed by atoms with Crippen LogP contribution >= 0.6 is 11.6 Å². The monoisotopic (exact) mass is 759 g/mol. The molecule has 2 aliphatic heterocycles. The van der Waals surface area contributed by atoms with Gasteiger partial charge >= 0.3 is 6.09 Å². The van der Waals surface area contributed by atoms with Crippen molar-refractivity contribution in [2.45, 2.75) is 101 Å². The molecule has 3 heterocycles. The third-order valence-corrected chi connectivity index (χ3v) is 13.6. The molecule has 2 aliphatic carbocycles. The SMILES string of the molecule is CC[C@@H]1C[C@H](C)CCC=C[C@@H]2C[C@@]2(C(=O)NS(=O)(=O)C2(C)CC2)NC(=O)[C@@H]2C[C@@H](Oc3nccc4cc(OC)c(Cl)cc34)CN2C(=O)[C@H]1NC(=O)O. The number of carbonyl (C=O) groups is 4. The number of nitrogens with zero attached hydrogens (tertiary/aromatic N) is 2. The Hall–Kier alpha value is -4.11. The molecule has 2 saturated carbocycles. The van der Waals surface area contributed by atoms with Gasteiger partial charge in [0.2, 0.25) is 27.7 Å². The van der Waals surface area contributed by atoms with Crippen LogP contribution in [-0.2, 0) is 24.4 Å². The van der Waals surface area contributed by atoms with Crippen LogP contribution in [0.15, 0.2) is 36.5 Å². The lowest BCUT2D eigenvalue weighted by Crippen LogP contribution is -2.59. The summed E-state index contributed by atoms with van der Waals surface area (Å²) in [4.78, 5) is 60.5. The molecule has 52 heavy (non-hydrogen) atoms. The molecule has 0 spiro atoms. The van der Waals surface area contributed by atoms with E-state index in [2.05, 4.69) is 20.3 Å². The first-order valence-corrected chi connectivity index (χ1v) is 19.6. The van der Waals surface area contributed by atoms with Crippen LogP contribution in [0.4, 0.5) is 4.79 Å². The van der Waals surface area contributed by atoms with Crippen molar-refractivity contribution in [2.24, 2.45) is 17.8 Å². The Bertz CT molecular complexity index is 1900. The second-order valence-electron chi connectivity index (χ2n) is 14.9. The third kappa shape index (κ3) is 7.39. The highest BCUT2D eigenvalue weighted by atomic mass is 35.5. The van der Waals surface area contributed by atoms with Gasteiger partial charge in [-0.05, 0) is 80.9 Å². The van der Waals surface area contributed by atoms with E-state index in [4.69, 9.17) is 21.1 Å². The van der Waals surface area contributed by atoms with Crippen molar-refractivity contribution in [3.63, 3.8) is 0 Å². The van der Waals surface area contributed by atoms with Crippen molar-refractivity contribution in [3.8, 4) is 11.6 Å². The Morgan fingerprint density at radius 2 is 1.96 bits per heavy atom. The van der Waals surface area contributed by atoms with E-state index in [0.717, 1.165) is 11.8 Å². The Labute approximate surface area is 308 Å². The Kier molecular flexibility index (Phi) is 10.4. The van der Waals surface area contributed by atoms with Crippen LogP contribution in [0.3, 0.4) is 0 Å². The highest BCUT2D eigenvalue weighted by Crippen LogP contribution is 2.47. The van der Waals surface area contributed by atoms with Gasteiger partial charge in [-0.15, -0.1) is 0 Å². The zero-order valence-electron chi connectivity index (χ0n) is 29.7. The topological polar surface area (TPSA) is 193 Å². The van der Waals surface area contributed by atoms with Crippen LogP contribution in [0.5, 0.6) is 11.6 Å². The normalized spacial score (nSPS) is 30.2. The van der Waals surface area contributed by atoms with E-state index in [1.807, 2.05) is 26.0 Å². The van der Waals surface area contributed by atoms with Crippen LogP contribution in [0, 0.1) is 17.8 Å². The van der Waals surface area contributed by atoms with Crippen molar-refractivity contribution >= 4 is 56.2 Å². The predicted molar refractivity (Wildman–Crippen MR) is 192 cm³/mol. The number of sulfonamides is 1. The van der Waals surface area contributed by atoms with E-state index < -0.39 is 68.2 Å². The molecule has 4 aliphatic rings. The number of ether oxygens (including phenoxy) is 2. The Morgan fingerprint density at radius 1 is 1.21 bits per heavy atom. The van der Waals surface area contributed by atoms with Gasteiger partial charge in [-0.3, -0.25) is 19.1 Å². The summed E-state index contributed by atoms with van der Waals surface area (Å²) in [5.41, 5.74) is -1.55. The van der Waals surface area contributed by atoms with E-state index in [0.29, 0.717) is 48.3 Å². The quantitative estimate of drug-likeness (QED) is 0.284. The maximum atomic E-state index is 14.5. The molecule has 1 aromatic heterocycles. The van der Waals surface area contributed by atoms with E-state index in [1.165, 1.54) is 12.0 Å². The minimum Gasteiger partial charge on any atom is -0.495 e. The number of allylic oxidation sites excluding steroid dienone is 1. The molecule has 14 nitrogen and oxygen atoms in total. The van der Waals surface area contributed by atoms with Gasteiger partial charge in [-0.1, -0.05) is 44.0 Å². The lowest BCUT2D eigenvalue weighted by molar-refractivity contribution is -0.142. The largest absolute Gasteiger partial charge is 0.495 e. The number of hydrogen-bond acceptors (Lipinski definition) is 9. The molecule has 0 radical (unpaired) electrons. The lowest BCUT2D eigenvalue weighted by Gasteiger charge is -2.33. The standard InChI is InChI=1S/C36H46ClN5O9S/c1-5-21-14-20(2)8-6-7-9-23-18-36(23,33(45)41-52(48,49)35(3)11-12-35)40-30(43)27-16-24(19-42(27)32(44)29(21)39-34(46)47)51-31-25-17-26(37)28(50-4)15-22(25)10-13-38-31/h7,9-10,13,15,17,20-21,23-24,27,29,39H,5-6,8,11-12,14,16,18-19H2,1-4H3,(H,40,43)(H,41,45)(H,46,47)/t20-,21-,23-,24-,27+,29+,36-/m1/s1. The zero-order chi connectivity index (χ0) is 37.6. The molecule has 0 bridgehead atoms. The number of fused-ring (bicyclic) bond motifs is 3. The molecule has 0 unspecified atom stereocenters. The molecule has 2 aromatic rings. The first kappa shape index (κ1) is 37.6. The number of benzene rings is 1. The van der Waals surface area contributed by atoms with E-state index >= 15 is 0 Å². The van der Waals surface area contributed by atoms with Gasteiger partial charge in [0.25, 0.3) is 5.91 Å². The van der Waals surface area contributed by atoms with Crippen LogP contribution in [0.2, 0.25) is 5.02 Å². The number of halogens is 1. The first-order chi connectivity index (χ1) is 24.6. The van der Waals surface area contributed by atoms with Gasteiger partial charge < -0.3 is 30.1 Å². The molecule has 16 heteroatoms. The molecule has 4 amide bonds. The molecule has 282 valence electrons. The summed E-state index contributed by atoms with van der Waals surface area (Å²) in [6.07, 6.45) is 6.65. The van der Waals surface area contributed by atoms with Crippen LogP contribution in [0.25, 0.3) is 10.8 Å². The number of hydrogen-bond donors (Lipinski definition) is 4. The van der Waals surface area contributed by atoms with E-state index in [-0.39, 0.29) is 37.1 Å². The zero-order valence-corrected chi connectivity index (χ0v) is 31.3. The van der Waals surface area contributed by atoms with Crippen molar-refractivity contribution in [3.05, 3.63) is 41.6 Å². The minimum absolute atomic E-state index is 0.0128. The number of carbonyl (C=O) groups excluding carboxylic acids is 3.